The Balaban J connectivity index is 1.64. The maximum atomic E-state index is 14.0. The number of carbonyl (C=O) groups excluding carboxylic acids is 1. The third kappa shape index (κ3) is 3.30. The normalized spacial score (nSPS) is 17.4. The van der Waals surface area contributed by atoms with E-state index in [-0.39, 0.29) is 17.8 Å². The Morgan fingerprint density at radius 2 is 2.22 bits per heavy atom. The van der Waals surface area contributed by atoms with Crippen molar-refractivity contribution in [3.63, 3.8) is 0 Å². The second-order valence-electron chi connectivity index (χ2n) is 6.50. The first-order valence-corrected chi connectivity index (χ1v) is 9.61. The van der Waals surface area contributed by atoms with Crippen molar-refractivity contribution in [2.75, 3.05) is 27.3 Å². The average molecular weight is 389 g/mol. The number of thiazole rings is 1. The van der Waals surface area contributed by atoms with Crippen LogP contribution in [-0.2, 0) is 4.74 Å². The highest BCUT2D eigenvalue weighted by Gasteiger charge is 2.26. The molecule has 1 aliphatic heterocycles. The van der Waals surface area contributed by atoms with Gasteiger partial charge in [0.05, 0.1) is 18.9 Å². The minimum atomic E-state index is -0.443. The van der Waals surface area contributed by atoms with E-state index >= 15 is 0 Å². The van der Waals surface area contributed by atoms with Crippen LogP contribution in [0.25, 0.3) is 16.2 Å². The number of methoxy groups -OCH3 is 2. The molecule has 0 N–H and O–H groups in total. The van der Waals surface area contributed by atoms with Gasteiger partial charge in [0.25, 0.3) is 5.91 Å². The molecule has 8 heteroatoms. The molecule has 1 aromatic carbocycles. The number of piperidine rings is 1. The Labute approximate surface area is 160 Å². The molecule has 3 heterocycles. The topological polar surface area (TPSA) is 56.1 Å². The van der Waals surface area contributed by atoms with Gasteiger partial charge in [-0.1, -0.05) is 0 Å². The van der Waals surface area contributed by atoms with Gasteiger partial charge in [0.2, 0.25) is 0 Å². The molecule has 6 nitrogen and oxygen atoms in total. The van der Waals surface area contributed by atoms with Gasteiger partial charge >= 0.3 is 0 Å². The Morgan fingerprint density at radius 1 is 1.37 bits per heavy atom. The quantitative estimate of drug-likeness (QED) is 0.686. The summed E-state index contributed by atoms with van der Waals surface area (Å²) in [6.45, 7) is 1.32. The molecule has 4 rings (SSSR count). The highest BCUT2D eigenvalue weighted by atomic mass is 32.1. The lowest BCUT2D eigenvalue weighted by Gasteiger charge is -2.31. The highest BCUT2D eigenvalue weighted by molar-refractivity contribution is 7.15. The molecular weight excluding hydrogens is 369 g/mol. The van der Waals surface area contributed by atoms with Crippen LogP contribution in [0.5, 0.6) is 5.75 Å². The molecule has 0 saturated carbocycles. The summed E-state index contributed by atoms with van der Waals surface area (Å²) >= 11 is 1.39. The van der Waals surface area contributed by atoms with Crippen LogP contribution in [-0.4, -0.2) is 53.6 Å². The SMILES string of the molecule is COc1ccc(-c2cn3c(C(=O)N4CCCC(OC)C4)csc3n2)cc1F. The van der Waals surface area contributed by atoms with E-state index in [2.05, 4.69) is 4.98 Å². The zero-order valence-corrected chi connectivity index (χ0v) is 16.0. The first kappa shape index (κ1) is 17.9. The molecule has 0 spiro atoms. The summed E-state index contributed by atoms with van der Waals surface area (Å²) < 4.78 is 26.2. The molecule has 1 saturated heterocycles. The molecule has 0 aliphatic carbocycles. The van der Waals surface area contributed by atoms with E-state index in [0.717, 1.165) is 19.4 Å². The van der Waals surface area contributed by atoms with Crippen molar-refractivity contribution in [2.45, 2.75) is 18.9 Å². The van der Waals surface area contributed by atoms with Crippen LogP contribution in [0.4, 0.5) is 4.39 Å². The molecule has 27 heavy (non-hydrogen) atoms. The van der Waals surface area contributed by atoms with Gasteiger partial charge in [-0.15, -0.1) is 11.3 Å². The summed E-state index contributed by atoms with van der Waals surface area (Å²) in [5.74, 6) is -0.289. The van der Waals surface area contributed by atoms with E-state index in [0.29, 0.717) is 28.5 Å². The van der Waals surface area contributed by atoms with E-state index in [1.165, 1.54) is 24.5 Å². The summed E-state index contributed by atoms with van der Waals surface area (Å²) in [6, 6.07) is 4.72. The molecule has 0 bridgehead atoms. The number of fused-ring (bicyclic) bond motifs is 1. The van der Waals surface area contributed by atoms with Crippen LogP contribution in [0.15, 0.2) is 29.8 Å². The van der Waals surface area contributed by atoms with Crippen LogP contribution in [0.1, 0.15) is 23.3 Å². The van der Waals surface area contributed by atoms with Crippen LogP contribution in [0, 0.1) is 5.82 Å². The predicted octanol–water partition coefficient (Wildman–Crippen LogP) is 3.46. The third-order valence-corrected chi connectivity index (χ3v) is 5.71. The lowest BCUT2D eigenvalue weighted by Crippen LogP contribution is -2.43. The van der Waals surface area contributed by atoms with E-state index in [1.54, 1.807) is 29.8 Å². The first-order valence-electron chi connectivity index (χ1n) is 8.73. The van der Waals surface area contributed by atoms with E-state index in [9.17, 15) is 9.18 Å². The van der Waals surface area contributed by atoms with Crippen molar-refractivity contribution in [2.24, 2.45) is 0 Å². The Bertz CT molecular complexity index is 984. The number of imidazole rings is 1. The number of rotatable bonds is 4. The smallest absolute Gasteiger partial charge is 0.271 e. The molecule has 1 unspecified atom stereocenters. The van der Waals surface area contributed by atoms with Gasteiger partial charge in [0.15, 0.2) is 16.5 Å². The number of likely N-dealkylation sites (tertiary alicyclic amines) is 1. The van der Waals surface area contributed by atoms with Gasteiger partial charge in [-0.25, -0.2) is 9.37 Å². The number of nitrogens with zero attached hydrogens (tertiary/aromatic N) is 3. The predicted molar refractivity (Wildman–Crippen MR) is 101 cm³/mol. The van der Waals surface area contributed by atoms with Crippen molar-refractivity contribution >= 4 is 22.2 Å². The van der Waals surface area contributed by atoms with Crippen molar-refractivity contribution < 1.29 is 18.7 Å². The molecule has 1 aliphatic rings. The standard InChI is InChI=1S/C19H20FN3O3S/c1-25-13-4-3-7-22(9-13)18(24)16-11-27-19-21-15(10-23(16)19)12-5-6-17(26-2)14(20)8-12/h5-6,8,10-11,13H,3-4,7,9H2,1-2H3. The van der Waals surface area contributed by atoms with Gasteiger partial charge < -0.3 is 14.4 Å². The number of hydrogen-bond acceptors (Lipinski definition) is 5. The number of carbonyl (C=O) groups is 1. The summed E-state index contributed by atoms with van der Waals surface area (Å²) in [5, 5.41) is 1.82. The van der Waals surface area contributed by atoms with Crippen LogP contribution in [0.3, 0.4) is 0 Å². The fraction of sp³-hybridized carbons (Fsp3) is 0.368. The molecular formula is C19H20FN3O3S. The summed E-state index contributed by atoms with van der Waals surface area (Å²) in [6.07, 6.45) is 3.76. The summed E-state index contributed by atoms with van der Waals surface area (Å²) in [7, 11) is 3.11. The number of amides is 1. The fourth-order valence-electron chi connectivity index (χ4n) is 3.38. The van der Waals surface area contributed by atoms with E-state index in [4.69, 9.17) is 9.47 Å². The minimum absolute atomic E-state index is 0.0344. The largest absolute Gasteiger partial charge is 0.494 e. The lowest BCUT2D eigenvalue weighted by atomic mass is 10.1. The number of ether oxygens (including phenoxy) is 2. The van der Waals surface area contributed by atoms with Crippen molar-refractivity contribution in [1.29, 1.82) is 0 Å². The molecule has 2 aromatic heterocycles. The highest BCUT2D eigenvalue weighted by Crippen LogP contribution is 2.28. The monoisotopic (exact) mass is 389 g/mol. The van der Waals surface area contributed by atoms with E-state index < -0.39 is 5.82 Å². The Kier molecular flexibility index (Phi) is 4.84. The van der Waals surface area contributed by atoms with Gasteiger partial charge in [-0.05, 0) is 31.0 Å². The first-order chi connectivity index (χ1) is 13.1. The lowest BCUT2D eigenvalue weighted by molar-refractivity contribution is 0.0265. The van der Waals surface area contributed by atoms with Crippen molar-refractivity contribution in [1.82, 2.24) is 14.3 Å². The maximum absolute atomic E-state index is 14.0. The van der Waals surface area contributed by atoms with Crippen molar-refractivity contribution in [3.8, 4) is 17.0 Å². The second-order valence-corrected chi connectivity index (χ2v) is 7.34. The third-order valence-electron chi connectivity index (χ3n) is 4.87. The molecule has 1 amide bonds. The fourth-order valence-corrected chi connectivity index (χ4v) is 4.23. The molecule has 0 radical (unpaired) electrons. The molecule has 1 atom stereocenters. The maximum Gasteiger partial charge on any atom is 0.271 e. The van der Waals surface area contributed by atoms with Crippen molar-refractivity contribution in [3.05, 3.63) is 41.3 Å². The number of halogens is 1. The number of aromatic nitrogens is 2. The van der Waals surface area contributed by atoms with E-state index in [1.807, 2.05) is 10.3 Å². The Hall–Kier alpha value is -2.45. The Morgan fingerprint density at radius 3 is 2.96 bits per heavy atom. The minimum Gasteiger partial charge on any atom is -0.494 e. The van der Waals surface area contributed by atoms with Crippen LogP contribution >= 0.6 is 11.3 Å². The van der Waals surface area contributed by atoms with Gasteiger partial charge in [-0.2, -0.15) is 0 Å². The summed E-state index contributed by atoms with van der Waals surface area (Å²) in [4.78, 5) is 20.0. The molecule has 142 valence electrons. The zero-order chi connectivity index (χ0) is 19.0. The average Bonchev–Trinajstić information content (AvgIpc) is 3.28. The number of benzene rings is 1. The molecule has 1 fully saturated rings. The summed E-state index contributed by atoms with van der Waals surface area (Å²) in [5.41, 5.74) is 1.82. The van der Waals surface area contributed by atoms with Gasteiger partial charge in [0.1, 0.15) is 5.69 Å². The van der Waals surface area contributed by atoms with Crippen LogP contribution in [0.2, 0.25) is 0 Å². The van der Waals surface area contributed by atoms with Gasteiger partial charge in [0, 0.05) is 37.3 Å². The second kappa shape index (κ2) is 7.28. The molecule has 3 aromatic rings. The zero-order valence-electron chi connectivity index (χ0n) is 15.1. The van der Waals surface area contributed by atoms with Gasteiger partial charge in [-0.3, -0.25) is 9.20 Å². The number of hydrogen-bond donors (Lipinski definition) is 0. The van der Waals surface area contributed by atoms with Crippen LogP contribution < -0.4 is 4.74 Å².